The van der Waals surface area contributed by atoms with Gasteiger partial charge in [0.05, 0.1) is 23.1 Å². The quantitative estimate of drug-likeness (QED) is 0.254. The maximum Gasteiger partial charge on any atom is 2.00 e. The summed E-state index contributed by atoms with van der Waals surface area (Å²) >= 11 is 0. The first-order valence-corrected chi connectivity index (χ1v) is 12.6. The first kappa shape index (κ1) is 31.2. The van der Waals surface area contributed by atoms with Gasteiger partial charge in [-0.2, -0.15) is 0 Å². The fourth-order valence-corrected chi connectivity index (χ4v) is 4.71. The predicted molar refractivity (Wildman–Crippen MR) is 157 cm³/mol. The molecule has 0 aliphatic heterocycles. The number of carboxylic acids is 4. The second-order valence-electron chi connectivity index (χ2n) is 9.44. The van der Waals surface area contributed by atoms with Gasteiger partial charge >= 0.3 is 49.7 Å². The minimum absolute atomic E-state index is 0. The Morgan fingerprint density at radius 2 is 0.605 bits per heavy atom. The zero-order chi connectivity index (χ0) is 30.0. The summed E-state index contributed by atoms with van der Waals surface area (Å²) in [6.45, 7) is 0. The largest absolute Gasteiger partial charge is 2.00 e. The molecular weight excluding hydrogens is 576 g/mol. The van der Waals surface area contributed by atoms with Gasteiger partial charge in [-0.05, 0) is 92.0 Å². The predicted octanol–water partition coefficient (Wildman–Crippen LogP) is 4.10. The first-order chi connectivity index (χ1) is 20.1. The molecule has 0 radical (unpaired) electrons. The van der Waals surface area contributed by atoms with Crippen molar-refractivity contribution in [2.45, 2.75) is 0 Å². The zero-order valence-corrected chi connectivity index (χ0v) is 24.7. The molecule has 0 aromatic heterocycles. The van der Waals surface area contributed by atoms with Crippen molar-refractivity contribution in [3.05, 3.63) is 131 Å². The Kier molecular flexibility index (Phi) is 9.46. The van der Waals surface area contributed by atoms with Crippen LogP contribution >= 0.6 is 0 Å². The molecule has 0 heterocycles. The normalized spacial score (nSPS) is 10.4. The summed E-state index contributed by atoms with van der Waals surface area (Å²) in [5, 5.41) is 41.5. The third kappa shape index (κ3) is 6.67. The van der Waals surface area contributed by atoms with Gasteiger partial charge in [-0.1, -0.05) is 72.8 Å². The summed E-state index contributed by atoms with van der Waals surface area (Å²) in [6, 6.07) is 28.6. The summed E-state index contributed by atoms with van der Waals surface area (Å²) in [5.41, 5.74) is 5.67. The minimum atomic E-state index is -1.32. The summed E-state index contributed by atoms with van der Waals surface area (Å²) < 4.78 is 0. The van der Waals surface area contributed by atoms with E-state index < -0.39 is 23.9 Å². The van der Waals surface area contributed by atoms with Crippen LogP contribution in [-0.4, -0.2) is 71.8 Å². The molecule has 0 aliphatic carbocycles. The molecule has 0 bridgehead atoms. The third-order valence-corrected chi connectivity index (χ3v) is 6.91. The van der Waals surface area contributed by atoms with E-state index >= 15 is 0 Å². The molecule has 0 atom stereocenters. The average Bonchev–Trinajstić information content (AvgIpc) is 3.00. The Morgan fingerprint density at radius 3 is 0.791 bits per heavy atom. The van der Waals surface area contributed by atoms with E-state index in [0.717, 1.165) is 0 Å². The van der Waals surface area contributed by atoms with Crippen LogP contribution in [0.15, 0.2) is 109 Å². The van der Waals surface area contributed by atoms with Crippen LogP contribution in [0.4, 0.5) is 0 Å². The van der Waals surface area contributed by atoms with Gasteiger partial charge in [0.25, 0.3) is 0 Å². The number of carboxylic acid groups (broad SMARTS) is 4. The van der Waals surface area contributed by atoms with E-state index in [9.17, 15) is 39.6 Å². The molecule has 2 N–H and O–H groups in total. The first-order valence-electron chi connectivity index (χ1n) is 12.6. The molecule has 5 aromatic carbocycles. The topological polar surface area (TPSA) is 155 Å². The molecule has 206 valence electrons. The molecule has 43 heavy (non-hydrogen) atoms. The molecule has 0 saturated heterocycles. The van der Waals surface area contributed by atoms with Crippen molar-refractivity contribution in [1.29, 1.82) is 0 Å². The van der Waals surface area contributed by atoms with Crippen LogP contribution in [0, 0.1) is 0 Å². The van der Waals surface area contributed by atoms with E-state index in [1.165, 1.54) is 48.5 Å². The Hall–Kier alpha value is -4.76. The van der Waals surface area contributed by atoms with Crippen LogP contribution in [0.2, 0.25) is 0 Å². The Morgan fingerprint density at radius 1 is 0.395 bits per heavy atom. The number of benzene rings is 5. The average molecular weight is 597 g/mol. The number of hydrogen-bond acceptors (Lipinski definition) is 6. The van der Waals surface area contributed by atoms with Crippen molar-refractivity contribution < 1.29 is 39.6 Å². The monoisotopic (exact) mass is 596 g/mol. The molecule has 0 aliphatic rings. The third-order valence-electron chi connectivity index (χ3n) is 6.91. The standard InChI is InChI=1S/C34H22O8.Ca/c35-31(36)23-9-1-19(2-10-23)27-17-29(21-5-13-25(14-6-21)33(39)40)30(22-7-15-26(16-8-22)34(41)42)18-28(27)20-3-11-24(12-4-20)32(37)38;/h1-18H,(H,35,36)(H,37,38)(H,39,40)(H,41,42);/q;+2/p-2. The van der Waals surface area contributed by atoms with Crippen molar-refractivity contribution >= 4 is 61.6 Å². The Labute approximate surface area is 275 Å². The molecule has 0 fully saturated rings. The maximum atomic E-state index is 11.5. The van der Waals surface area contributed by atoms with E-state index in [-0.39, 0.29) is 60.0 Å². The van der Waals surface area contributed by atoms with Crippen LogP contribution in [0.25, 0.3) is 44.5 Å². The van der Waals surface area contributed by atoms with Crippen molar-refractivity contribution in [3.63, 3.8) is 0 Å². The van der Waals surface area contributed by atoms with Crippen LogP contribution in [0.1, 0.15) is 41.4 Å². The van der Waals surface area contributed by atoms with Crippen LogP contribution in [-0.2, 0) is 0 Å². The van der Waals surface area contributed by atoms with Crippen LogP contribution < -0.4 is 10.2 Å². The van der Waals surface area contributed by atoms with Gasteiger partial charge in [0.15, 0.2) is 0 Å². The zero-order valence-electron chi connectivity index (χ0n) is 22.4. The second kappa shape index (κ2) is 13.0. The van der Waals surface area contributed by atoms with Gasteiger partial charge in [0.1, 0.15) is 0 Å². The SMILES string of the molecule is O=C([O-])c1ccc(-c2cc(-c3ccc(C(=O)O)cc3)c(-c3ccc(C(=O)[O-])cc3)cc2-c2ccc(C(=O)O)cc2)cc1.[Ca+2]. The fraction of sp³-hybridized carbons (Fsp3) is 0. The molecule has 0 saturated carbocycles. The van der Waals surface area contributed by atoms with Crippen molar-refractivity contribution in [2.24, 2.45) is 0 Å². The van der Waals surface area contributed by atoms with Crippen LogP contribution in [0.5, 0.6) is 0 Å². The Bertz CT molecular complexity index is 1570. The molecule has 5 rings (SSSR count). The Balaban J connectivity index is 0.00000423. The summed E-state index contributed by atoms with van der Waals surface area (Å²) in [5.74, 6) is -4.79. The number of rotatable bonds is 8. The number of carbonyl (C=O) groups excluding carboxylic acids is 2. The van der Waals surface area contributed by atoms with E-state index in [4.69, 9.17) is 0 Å². The summed E-state index contributed by atoms with van der Waals surface area (Å²) in [4.78, 5) is 45.7. The van der Waals surface area contributed by atoms with Crippen LogP contribution in [0.3, 0.4) is 0 Å². The smallest absolute Gasteiger partial charge is 0.545 e. The molecule has 0 amide bonds. The maximum absolute atomic E-state index is 11.5. The summed E-state index contributed by atoms with van der Waals surface area (Å²) in [7, 11) is 0. The van der Waals surface area contributed by atoms with E-state index in [1.807, 2.05) is 12.1 Å². The van der Waals surface area contributed by atoms with Gasteiger partial charge in [-0.15, -0.1) is 0 Å². The van der Waals surface area contributed by atoms with Gasteiger partial charge in [0.2, 0.25) is 0 Å². The van der Waals surface area contributed by atoms with Gasteiger partial charge < -0.3 is 30.0 Å². The molecule has 0 unspecified atom stereocenters. The molecule has 9 heteroatoms. The number of aromatic carboxylic acids is 4. The van der Waals surface area contributed by atoms with Gasteiger partial charge in [-0.3, -0.25) is 0 Å². The van der Waals surface area contributed by atoms with E-state index in [2.05, 4.69) is 0 Å². The van der Waals surface area contributed by atoms with E-state index in [1.54, 1.807) is 48.5 Å². The molecule has 8 nitrogen and oxygen atoms in total. The second-order valence-corrected chi connectivity index (χ2v) is 9.44. The minimum Gasteiger partial charge on any atom is -0.545 e. The molecular formula is C34H20CaO8. The van der Waals surface area contributed by atoms with Crippen molar-refractivity contribution in [1.82, 2.24) is 0 Å². The van der Waals surface area contributed by atoms with Crippen molar-refractivity contribution in [3.8, 4) is 44.5 Å². The summed E-state index contributed by atoms with van der Waals surface area (Å²) in [6.07, 6.45) is 0. The molecule has 5 aromatic rings. The molecule has 0 spiro atoms. The van der Waals surface area contributed by atoms with E-state index in [0.29, 0.717) is 44.5 Å². The van der Waals surface area contributed by atoms with Crippen molar-refractivity contribution in [2.75, 3.05) is 0 Å². The number of hydrogen-bond donors (Lipinski definition) is 2. The van der Waals surface area contributed by atoms with Gasteiger partial charge in [-0.25, -0.2) is 9.59 Å². The fourth-order valence-electron chi connectivity index (χ4n) is 4.71. The van der Waals surface area contributed by atoms with Gasteiger partial charge in [0, 0.05) is 0 Å². The number of carbonyl (C=O) groups is 4.